The summed E-state index contributed by atoms with van der Waals surface area (Å²) in [6, 6.07) is 0. The van der Waals surface area contributed by atoms with Gasteiger partial charge in [0.1, 0.15) is 0 Å². The Morgan fingerprint density at radius 2 is 1.09 bits per heavy atom. The summed E-state index contributed by atoms with van der Waals surface area (Å²) < 4.78 is 117. The summed E-state index contributed by atoms with van der Waals surface area (Å²) in [4.78, 5) is 0. The minimum absolute atomic E-state index is 0.133. The Balaban J connectivity index is -0.000000344. The van der Waals surface area contributed by atoms with Crippen LogP contribution in [0.15, 0.2) is 36.5 Å². The summed E-state index contributed by atoms with van der Waals surface area (Å²) in [7, 11) is -11.7. The van der Waals surface area contributed by atoms with Gasteiger partial charge in [-0.25, -0.2) is 24.3 Å². The molecule has 0 spiro atoms. The van der Waals surface area contributed by atoms with E-state index in [-0.39, 0.29) is 26.5 Å². The van der Waals surface area contributed by atoms with Crippen LogP contribution in [0.1, 0.15) is 26.7 Å². The summed E-state index contributed by atoms with van der Waals surface area (Å²) >= 11 is -0.133. The Labute approximate surface area is 201 Å². The molecule has 0 unspecified atom stereocenters. The zero-order valence-corrected chi connectivity index (χ0v) is 24.2. The molecule has 2 N–H and O–H groups in total. The fraction of sp³-hybridized carbons (Fsp3) is 0.471. The van der Waals surface area contributed by atoms with E-state index in [1.54, 1.807) is 3.26 Å². The molecule has 0 radical (unpaired) electrons. The molecule has 16 heteroatoms. The molecule has 0 bridgehead atoms. The van der Waals surface area contributed by atoms with Crippen molar-refractivity contribution in [3.63, 3.8) is 0 Å². The molecule has 33 heavy (non-hydrogen) atoms. The van der Waals surface area contributed by atoms with Gasteiger partial charge in [-0.1, -0.05) is 0 Å². The maximum Gasteiger partial charge on any atom is 0.522 e. The van der Waals surface area contributed by atoms with Crippen molar-refractivity contribution in [3.05, 3.63) is 48.6 Å². The molecule has 0 aromatic carbocycles. The van der Waals surface area contributed by atoms with Crippen molar-refractivity contribution in [3.8, 4) is 0 Å². The van der Waals surface area contributed by atoms with Gasteiger partial charge in [-0.3, -0.25) is 21.3 Å². The van der Waals surface area contributed by atoms with E-state index in [1.807, 2.05) is 24.3 Å². The summed E-state index contributed by atoms with van der Waals surface area (Å²) in [6.45, 7) is 9.45. The van der Waals surface area contributed by atoms with E-state index >= 15 is 0 Å². The number of halogens is 6. The first kappa shape index (κ1) is 36.9. The minimum Gasteiger partial charge on any atom is -0.279 e. The third kappa shape index (κ3) is 27.4. The second-order valence-corrected chi connectivity index (χ2v) is 28.1. The van der Waals surface area contributed by atoms with Crippen LogP contribution in [0.25, 0.3) is 0 Å². The SMILES string of the molecule is C[C](C)=[Hf]=[Si](C)C.O=S(=O)(O)C(F)(F)F.O=S(=O)(O)C(F)(F)F.[C-]1=CC=CC1.[C-]1=CC=CC1. The monoisotopic (exact) mass is 710 g/mol. The number of allylic oxidation sites excluding steroid dienone is 8. The summed E-state index contributed by atoms with van der Waals surface area (Å²) in [5.41, 5.74) is -10.8. The Hall–Kier alpha value is -0.683. The van der Waals surface area contributed by atoms with Gasteiger partial charge in [0.15, 0.2) is 0 Å². The molecular formula is C17H24F6HfO6S2Si-2. The number of hydrogen-bond acceptors (Lipinski definition) is 4. The average Bonchev–Trinajstić information content (AvgIpc) is 3.30. The first-order chi connectivity index (χ1) is 14.6. The van der Waals surface area contributed by atoms with Crippen molar-refractivity contribution in [2.75, 3.05) is 0 Å². The second-order valence-electron chi connectivity index (χ2n) is 5.97. The van der Waals surface area contributed by atoms with Crippen molar-refractivity contribution in [2.24, 2.45) is 0 Å². The minimum atomic E-state index is -5.84. The van der Waals surface area contributed by atoms with Gasteiger partial charge >= 0.3 is 88.0 Å². The van der Waals surface area contributed by atoms with E-state index in [1.165, 1.54) is 0 Å². The van der Waals surface area contributed by atoms with Crippen LogP contribution < -0.4 is 0 Å². The van der Waals surface area contributed by atoms with Crippen LogP contribution in [0.2, 0.25) is 13.1 Å². The van der Waals surface area contributed by atoms with Crippen molar-refractivity contribution < 1.29 is 73.3 Å². The van der Waals surface area contributed by atoms with Gasteiger partial charge in [0.05, 0.1) is 0 Å². The third-order valence-electron chi connectivity index (χ3n) is 2.26. The van der Waals surface area contributed by atoms with Gasteiger partial charge in [0, 0.05) is 0 Å². The predicted octanol–water partition coefficient (Wildman–Crippen LogP) is 4.93. The molecule has 0 aliphatic heterocycles. The molecule has 2 rings (SSSR count). The maximum absolute atomic E-state index is 10.7. The number of rotatable bonds is 0. The van der Waals surface area contributed by atoms with Gasteiger partial charge in [0.25, 0.3) is 0 Å². The Kier molecular flexibility index (Phi) is 19.8. The van der Waals surface area contributed by atoms with Gasteiger partial charge in [-0.2, -0.15) is 55.3 Å². The predicted molar refractivity (Wildman–Crippen MR) is 112 cm³/mol. The normalized spacial score (nSPS) is 13.7. The molecule has 0 heterocycles. The van der Waals surface area contributed by atoms with Crippen LogP contribution in [0.4, 0.5) is 26.3 Å². The first-order valence-corrected chi connectivity index (χ1v) is 21.1. The zero-order valence-electron chi connectivity index (χ0n) is 18.0. The average molecular weight is 709 g/mol. The first-order valence-electron chi connectivity index (χ1n) is 8.51. The van der Waals surface area contributed by atoms with Crippen molar-refractivity contribution in [1.82, 2.24) is 0 Å². The molecular weight excluding hydrogens is 685 g/mol. The number of alkyl halides is 6. The Bertz CT molecular complexity index is 868. The van der Waals surface area contributed by atoms with Crippen LogP contribution >= 0.6 is 0 Å². The van der Waals surface area contributed by atoms with E-state index in [0.29, 0.717) is 0 Å². The smallest absolute Gasteiger partial charge is 0.279 e. The van der Waals surface area contributed by atoms with Crippen LogP contribution in [-0.2, 0) is 41.3 Å². The molecule has 0 aromatic rings. The summed E-state index contributed by atoms with van der Waals surface area (Å²) in [5, 5.41) is 0. The van der Waals surface area contributed by atoms with Gasteiger partial charge in [0.2, 0.25) is 0 Å². The molecule has 0 amide bonds. The van der Waals surface area contributed by atoms with Crippen LogP contribution in [0, 0.1) is 12.2 Å². The molecule has 0 saturated carbocycles. The van der Waals surface area contributed by atoms with E-state index in [2.05, 4.69) is 51.2 Å². The van der Waals surface area contributed by atoms with E-state index in [0.717, 1.165) is 12.8 Å². The van der Waals surface area contributed by atoms with Crippen molar-refractivity contribution in [1.29, 1.82) is 0 Å². The largest absolute Gasteiger partial charge is 0.522 e. The fourth-order valence-electron chi connectivity index (χ4n) is 1.18. The molecule has 192 valence electrons. The zero-order chi connectivity index (χ0) is 26.9. The van der Waals surface area contributed by atoms with Crippen LogP contribution in [-0.4, -0.2) is 45.7 Å². The van der Waals surface area contributed by atoms with Crippen LogP contribution in [0.5, 0.6) is 0 Å². The second kappa shape index (κ2) is 17.7. The van der Waals surface area contributed by atoms with E-state index in [4.69, 9.17) is 25.9 Å². The molecule has 2 aliphatic rings. The molecule has 0 fully saturated rings. The fourth-order valence-corrected chi connectivity index (χ4v) is 13.0. The van der Waals surface area contributed by atoms with Gasteiger partial charge in [-0.05, 0) is 0 Å². The Morgan fingerprint density at radius 1 is 0.818 bits per heavy atom. The third-order valence-corrected chi connectivity index (χ3v) is 15.2. The van der Waals surface area contributed by atoms with Gasteiger partial charge in [-0.15, -0.1) is 12.8 Å². The molecule has 0 saturated heterocycles. The molecule has 6 nitrogen and oxygen atoms in total. The number of hydrogen-bond donors (Lipinski definition) is 2. The summed E-state index contributed by atoms with van der Waals surface area (Å²) in [6.07, 6.45) is 20.0. The van der Waals surface area contributed by atoms with Crippen molar-refractivity contribution >= 4 is 29.0 Å². The van der Waals surface area contributed by atoms with Gasteiger partial charge < -0.3 is 0 Å². The van der Waals surface area contributed by atoms with Crippen LogP contribution in [0.3, 0.4) is 0 Å². The molecule has 2 aliphatic carbocycles. The molecule has 0 aromatic heterocycles. The standard InChI is InChI=1S/2C5H5.C3H6.C2H6Si.2CHF3O3S.Hf/c2*1-2-4-5-3-1;2*1-3-2;2*2-1(3,4)8(5,6)7;/h2*1-3H,4H2;2*1-2H3;2*(H,5,6,7);/q2*-1;;;;;. The maximum atomic E-state index is 10.7. The topological polar surface area (TPSA) is 109 Å². The van der Waals surface area contributed by atoms with Crippen molar-refractivity contribution in [2.45, 2.75) is 50.8 Å². The summed E-state index contributed by atoms with van der Waals surface area (Å²) in [5.74, 6) is 0. The van der Waals surface area contributed by atoms with E-state index in [9.17, 15) is 26.3 Å². The molecule has 0 atom stereocenters. The quantitative estimate of drug-likeness (QED) is 0.122. The van der Waals surface area contributed by atoms with E-state index < -0.39 is 31.3 Å². The Morgan fingerprint density at radius 3 is 1.12 bits per heavy atom.